The smallest absolute Gasteiger partial charge is 0.313 e. The molecule has 0 aromatic heterocycles. The zero-order valence-electron chi connectivity index (χ0n) is 8.59. The fourth-order valence-corrected chi connectivity index (χ4v) is 1.63. The lowest BCUT2D eigenvalue weighted by atomic mass is 9.72. The van der Waals surface area contributed by atoms with Crippen LogP contribution >= 0.6 is 0 Å². The van der Waals surface area contributed by atoms with Crippen molar-refractivity contribution in [3.63, 3.8) is 0 Å². The summed E-state index contributed by atoms with van der Waals surface area (Å²) in [5.74, 6) is -0.684. The van der Waals surface area contributed by atoms with Gasteiger partial charge in [-0.15, -0.1) is 0 Å². The van der Waals surface area contributed by atoms with Crippen molar-refractivity contribution in [2.24, 2.45) is 11.3 Å². The van der Waals surface area contributed by atoms with Gasteiger partial charge in [0.25, 0.3) is 0 Å². The highest BCUT2D eigenvalue weighted by atomic mass is 16.4. The van der Waals surface area contributed by atoms with Crippen molar-refractivity contribution < 1.29 is 9.90 Å². The summed E-state index contributed by atoms with van der Waals surface area (Å²) in [4.78, 5) is 11.1. The third kappa shape index (κ3) is 1.53. The summed E-state index contributed by atoms with van der Waals surface area (Å²) in [6, 6.07) is 0. The maximum absolute atomic E-state index is 11.1. The number of rotatable bonds is 1. The van der Waals surface area contributed by atoms with Crippen LogP contribution in [0.15, 0.2) is 23.3 Å². The molecule has 13 heavy (non-hydrogen) atoms. The molecule has 1 aliphatic carbocycles. The molecule has 72 valence electrons. The molecule has 0 radical (unpaired) electrons. The van der Waals surface area contributed by atoms with Gasteiger partial charge in [-0.05, 0) is 26.7 Å². The number of allylic oxidation sites excluding steroid dienone is 3. The fraction of sp³-hybridized carbons (Fsp3) is 0.545. The van der Waals surface area contributed by atoms with Gasteiger partial charge in [0.2, 0.25) is 0 Å². The predicted molar refractivity (Wildman–Crippen MR) is 52.4 cm³/mol. The molecule has 2 heteroatoms. The molecular weight excluding hydrogens is 164 g/mol. The SMILES string of the molecule is CC1=CC(C)C(C)(C(=O)O)C=C1C. The molecule has 2 unspecified atom stereocenters. The van der Waals surface area contributed by atoms with E-state index in [1.165, 1.54) is 5.57 Å². The second kappa shape index (κ2) is 3.02. The molecule has 0 amide bonds. The average Bonchev–Trinajstić information content (AvgIpc) is 2.01. The van der Waals surface area contributed by atoms with E-state index < -0.39 is 11.4 Å². The minimum Gasteiger partial charge on any atom is -0.481 e. The molecule has 0 bridgehead atoms. The van der Waals surface area contributed by atoms with E-state index in [1.807, 2.05) is 32.9 Å². The number of hydrogen-bond acceptors (Lipinski definition) is 1. The third-order valence-corrected chi connectivity index (χ3v) is 3.05. The number of carbonyl (C=O) groups is 1. The minimum absolute atomic E-state index is 0.0636. The molecule has 2 atom stereocenters. The second-order valence-electron chi connectivity index (χ2n) is 4.05. The predicted octanol–water partition coefficient (Wildman–Crippen LogP) is 2.62. The molecule has 2 nitrogen and oxygen atoms in total. The van der Waals surface area contributed by atoms with Crippen molar-refractivity contribution in [2.45, 2.75) is 27.7 Å². The second-order valence-corrected chi connectivity index (χ2v) is 4.05. The van der Waals surface area contributed by atoms with Crippen molar-refractivity contribution in [3.05, 3.63) is 23.3 Å². The molecule has 1 rings (SSSR count). The first-order chi connectivity index (χ1) is 5.88. The highest BCUT2D eigenvalue weighted by Crippen LogP contribution is 2.37. The zero-order chi connectivity index (χ0) is 10.2. The molecule has 0 aromatic carbocycles. The average molecular weight is 180 g/mol. The standard InChI is InChI=1S/C11H16O2/c1-7-5-9(3)11(4,10(12)13)6-8(7)2/h5-6,9H,1-4H3,(H,12,13). The molecule has 1 aliphatic rings. The number of carboxylic acid groups (broad SMARTS) is 1. The Kier molecular flexibility index (Phi) is 2.33. The molecular formula is C11H16O2. The van der Waals surface area contributed by atoms with Gasteiger partial charge >= 0.3 is 5.97 Å². The monoisotopic (exact) mass is 180 g/mol. The van der Waals surface area contributed by atoms with Crippen LogP contribution in [-0.2, 0) is 4.79 Å². The van der Waals surface area contributed by atoms with Gasteiger partial charge in [0, 0.05) is 0 Å². The Hall–Kier alpha value is -1.05. The Morgan fingerprint density at radius 2 is 2.00 bits per heavy atom. The summed E-state index contributed by atoms with van der Waals surface area (Å²) in [7, 11) is 0. The van der Waals surface area contributed by atoms with Gasteiger partial charge in [-0.25, -0.2) is 0 Å². The third-order valence-electron chi connectivity index (χ3n) is 3.05. The highest BCUT2D eigenvalue weighted by molar-refractivity contribution is 5.78. The van der Waals surface area contributed by atoms with Gasteiger partial charge in [-0.2, -0.15) is 0 Å². The molecule has 0 fully saturated rings. The summed E-state index contributed by atoms with van der Waals surface area (Å²) in [6.07, 6.45) is 3.89. The molecule has 0 spiro atoms. The van der Waals surface area contributed by atoms with Gasteiger partial charge < -0.3 is 5.11 Å². The largest absolute Gasteiger partial charge is 0.481 e. The van der Waals surface area contributed by atoms with E-state index in [4.69, 9.17) is 5.11 Å². The normalized spacial score (nSPS) is 33.7. The van der Waals surface area contributed by atoms with Crippen molar-refractivity contribution in [1.29, 1.82) is 0 Å². The zero-order valence-corrected chi connectivity index (χ0v) is 8.59. The van der Waals surface area contributed by atoms with Crippen molar-refractivity contribution >= 4 is 5.97 Å². The number of carboxylic acids is 1. The van der Waals surface area contributed by atoms with Gasteiger partial charge in [-0.3, -0.25) is 4.79 Å². The van der Waals surface area contributed by atoms with Crippen molar-refractivity contribution in [2.75, 3.05) is 0 Å². The summed E-state index contributed by atoms with van der Waals surface area (Å²) < 4.78 is 0. The van der Waals surface area contributed by atoms with Crippen LogP contribution < -0.4 is 0 Å². The minimum atomic E-state index is -0.747. The van der Waals surface area contributed by atoms with Crippen LogP contribution in [0.2, 0.25) is 0 Å². The Bertz CT molecular complexity index is 299. The lowest BCUT2D eigenvalue weighted by Crippen LogP contribution is -2.33. The molecule has 1 N–H and O–H groups in total. The Morgan fingerprint density at radius 1 is 1.46 bits per heavy atom. The van der Waals surface area contributed by atoms with E-state index in [9.17, 15) is 4.79 Å². The lowest BCUT2D eigenvalue weighted by Gasteiger charge is -2.31. The molecule has 0 saturated heterocycles. The van der Waals surface area contributed by atoms with Crippen LogP contribution in [0.5, 0.6) is 0 Å². The van der Waals surface area contributed by atoms with Crippen LogP contribution in [-0.4, -0.2) is 11.1 Å². The summed E-state index contributed by atoms with van der Waals surface area (Å²) in [5, 5.41) is 9.10. The van der Waals surface area contributed by atoms with Crippen molar-refractivity contribution in [3.8, 4) is 0 Å². The topological polar surface area (TPSA) is 37.3 Å². The Morgan fingerprint density at radius 3 is 2.46 bits per heavy atom. The maximum atomic E-state index is 11.1. The van der Waals surface area contributed by atoms with Crippen LogP contribution in [0.3, 0.4) is 0 Å². The quantitative estimate of drug-likeness (QED) is 0.673. The molecule has 0 heterocycles. The lowest BCUT2D eigenvalue weighted by molar-refractivity contribution is -0.146. The maximum Gasteiger partial charge on any atom is 0.313 e. The van der Waals surface area contributed by atoms with Gasteiger partial charge in [0.05, 0.1) is 5.41 Å². The van der Waals surface area contributed by atoms with Crippen molar-refractivity contribution in [1.82, 2.24) is 0 Å². The summed E-state index contributed by atoms with van der Waals surface area (Å²) in [6.45, 7) is 7.69. The summed E-state index contributed by atoms with van der Waals surface area (Å²) >= 11 is 0. The first-order valence-corrected chi connectivity index (χ1v) is 4.49. The molecule has 0 aliphatic heterocycles. The van der Waals surface area contributed by atoms with E-state index in [0.29, 0.717) is 0 Å². The van der Waals surface area contributed by atoms with E-state index in [-0.39, 0.29) is 5.92 Å². The number of aliphatic carboxylic acids is 1. The summed E-state index contributed by atoms with van der Waals surface area (Å²) in [5.41, 5.74) is 1.53. The van der Waals surface area contributed by atoms with Crippen LogP contribution in [0.1, 0.15) is 27.7 Å². The Labute approximate surface area is 79.0 Å². The molecule has 0 saturated carbocycles. The number of hydrogen-bond donors (Lipinski definition) is 1. The van der Waals surface area contributed by atoms with E-state index in [0.717, 1.165) is 5.57 Å². The first-order valence-electron chi connectivity index (χ1n) is 4.49. The van der Waals surface area contributed by atoms with Crippen LogP contribution in [0.4, 0.5) is 0 Å². The fourth-order valence-electron chi connectivity index (χ4n) is 1.63. The van der Waals surface area contributed by atoms with E-state index >= 15 is 0 Å². The highest BCUT2D eigenvalue weighted by Gasteiger charge is 2.37. The first kappa shape index (κ1) is 10.0. The van der Waals surface area contributed by atoms with Crippen LogP contribution in [0.25, 0.3) is 0 Å². The van der Waals surface area contributed by atoms with Gasteiger partial charge in [0.15, 0.2) is 0 Å². The van der Waals surface area contributed by atoms with E-state index in [2.05, 4.69) is 0 Å². The Balaban J connectivity index is 3.12. The van der Waals surface area contributed by atoms with Crippen LogP contribution in [0, 0.1) is 11.3 Å². The van der Waals surface area contributed by atoms with E-state index in [1.54, 1.807) is 6.92 Å². The molecule has 0 aromatic rings. The van der Waals surface area contributed by atoms with Gasteiger partial charge in [-0.1, -0.05) is 30.2 Å². The van der Waals surface area contributed by atoms with Gasteiger partial charge in [0.1, 0.15) is 0 Å².